The molecule has 0 aliphatic rings. The van der Waals surface area contributed by atoms with Crippen LogP contribution in [0.25, 0.3) is 11.4 Å². The molecule has 0 fully saturated rings. The van der Waals surface area contributed by atoms with Crippen LogP contribution < -0.4 is 0 Å². The van der Waals surface area contributed by atoms with Crippen LogP contribution in [-0.4, -0.2) is 14.8 Å². The molecule has 1 heterocycles. The van der Waals surface area contributed by atoms with Crippen molar-refractivity contribution in [2.24, 2.45) is 0 Å². The molecular formula is C26H25ClFN3. The molecular weight excluding hydrogens is 409 g/mol. The molecule has 1 aromatic heterocycles. The van der Waals surface area contributed by atoms with Gasteiger partial charge in [-0.2, -0.15) is 0 Å². The summed E-state index contributed by atoms with van der Waals surface area (Å²) in [7, 11) is 0. The van der Waals surface area contributed by atoms with Gasteiger partial charge in [0.2, 0.25) is 0 Å². The number of benzene rings is 3. The first kappa shape index (κ1) is 21.3. The Morgan fingerprint density at radius 3 is 2.32 bits per heavy atom. The predicted octanol–water partition coefficient (Wildman–Crippen LogP) is 6.61. The molecule has 0 saturated heterocycles. The summed E-state index contributed by atoms with van der Waals surface area (Å²) in [6.07, 6.45) is 0.739. The van der Waals surface area contributed by atoms with Gasteiger partial charge in [-0.05, 0) is 62.6 Å². The molecule has 0 atom stereocenters. The van der Waals surface area contributed by atoms with Crippen LogP contribution in [0.4, 0.5) is 4.39 Å². The topological polar surface area (TPSA) is 30.7 Å². The molecule has 0 aliphatic carbocycles. The van der Waals surface area contributed by atoms with Crippen LogP contribution >= 0.6 is 11.6 Å². The molecule has 0 aliphatic heterocycles. The van der Waals surface area contributed by atoms with Gasteiger partial charge in [0.1, 0.15) is 11.6 Å². The number of nitrogens with zero attached hydrogens (tertiary/aromatic N) is 3. The predicted molar refractivity (Wildman–Crippen MR) is 124 cm³/mol. The van der Waals surface area contributed by atoms with Gasteiger partial charge in [0.15, 0.2) is 5.82 Å². The van der Waals surface area contributed by atoms with Gasteiger partial charge in [0, 0.05) is 22.5 Å². The molecule has 0 amide bonds. The van der Waals surface area contributed by atoms with Crippen LogP contribution in [0.1, 0.15) is 36.4 Å². The lowest BCUT2D eigenvalue weighted by Gasteiger charge is -2.26. The van der Waals surface area contributed by atoms with Gasteiger partial charge in [0.05, 0.1) is 0 Å². The molecule has 0 radical (unpaired) electrons. The Hall–Kier alpha value is -2.98. The average Bonchev–Trinajstić information content (AvgIpc) is 3.18. The second-order valence-corrected chi connectivity index (χ2v) is 8.81. The number of hydrogen-bond donors (Lipinski definition) is 0. The smallest absolute Gasteiger partial charge is 0.164 e. The Morgan fingerprint density at radius 2 is 1.65 bits per heavy atom. The van der Waals surface area contributed by atoms with Crippen molar-refractivity contribution in [2.75, 3.05) is 0 Å². The highest BCUT2D eigenvalue weighted by atomic mass is 35.5. The Labute approximate surface area is 187 Å². The van der Waals surface area contributed by atoms with E-state index in [-0.39, 0.29) is 11.2 Å². The number of aromatic nitrogens is 3. The first-order chi connectivity index (χ1) is 14.8. The lowest BCUT2D eigenvalue weighted by Crippen LogP contribution is -2.25. The highest BCUT2D eigenvalue weighted by Crippen LogP contribution is 2.33. The number of halogens is 2. The van der Waals surface area contributed by atoms with E-state index in [1.807, 2.05) is 36.4 Å². The van der Waals surface area contributed by atoms with Crippen molar-refractivity contribution in [3.8, 4) is 11.4 Å². The van der Waals surface area contributed by atoms with Gasteiger partial charge in [0.25, 0.3) is 0 Å². The Balaban J connectivity index is 1.77. The molecule has 0 saturated carbocycles. The lowest BCUT2D eigenvalue weighted by molar-refractivity contribution is 0.530. The van der Waals surface area contributed by atoms with Crippen LogP contribution in [0, 0.1) is 12.7 Å². The van der Waals surface area contributed by atoms with Crippen LogP contribution in [0.3, 0.4) is 0 Å². The van der Waals surface area contributed by atoms with Crippen molar-refractivity contribution < 1.29 is 4.39 Å². The van der Waals surface area contributed by atoms with Gasteiger partial charge >= 0.3 is 0 Å². The fourth-order valence-corrected chi connectivity index (χ4v) is 4.00. The van der Waals surface area contributed by atoms with Crippen LogP contribution in [0.5, 0.6) is 0 Å². The SMILES string of the molecule is Cc1ccc(C(C)(C)c2nnc(-c3cccc(Cl)c3)n2CCc2ccc(F)cc2)cc1. The van der Waals surface area contributed by atoms with Crippen molar-refractivity contribution >= 4 is 11.6 Å². The minimum atomic E-state index is -0.347. The number of aryl methyl sites for hydroxylation is 2. The van der Waals surface area contributed by atoms with E-state index in [0.717, 1.165) is 29.2 Å². The summed E-state index contributed by atoms with van der Waals surface area (Å²) in [5.74, 6) is 1.43. The summed E-state index contributed by atoms with van der Waals surface area (Å²) in [6.45, 7) is 7.08. The summed E-state index contributed by atoms with van der Waals surface area (Å²) in [5, 5.41) is 9.84. The van der Waals surface area contributed by atoms with Gasteiger partial charge in [-0.15, -0.1) is 10.2 Å². The molecule has 158 valence electrons. The first-order valence-corrected chi connectivity index (χ1v) is 10.7. The van der Waals surface area contributed by atoms with Gasteiger partial charge in [-0.3, -0.25) is 0 Å². The molecule has 31 heavy (non-hydrogen) atoms. The average molecular weight is 434 g/mol. The monoisotopic (exact) mass is 433 g/mol. The fraction of sp³-hybridized carbons (Fsp3) is 0.231. The van der Waals surface area contributed by atoms with Crippen molar-refractivity contribution in [1.82, 2.24) is 14.8 Å². The van der Waals surface area contributed by atoms with Crippen molar-refractivity contribution in [3.05, 3.63) is 106 Å². The third-order valence-corrected chi connectivity index (χ3v) is 5.94. The molecule has 0 spiro atoms. The molecule has 3 aromatic carbocycles. The van der Waals surface area contributed by atoms with Crippen molar-refractivity contribution in [3.63, 3.8) is 0 Å². The van der Waals surface area contributed by atoms with E-state index in [4.69, 9.17) is 11.6 Å². The molecule has 0 unspecified atom stereocenters. The minimum absolute atomic E-state index is 0.228. The molecule has 4 rings (SSSR count). The van der Waals surface area contributed by atoms with Crippen LogP contribution in [0.2, 0.25) is 5.02 Å². The van der Waals surface area contributed by atoms with Gasteiger partial charge < -0.3 is 4.57 Å². The number of rotatable bonds is 6. The maximum atomic E-state index is 13.3. The number of hydrogen-bond acceptors (Lipinski definition) is 2. The van der Waals surface area contributed by atoms with E-state index in [2.05, 4.69) is 59.8 Å². The maximum Gasteiger partial charge on any atom is 0.164 e. The Morgan fingerprint density at radius 1 is 0.935 bits per heavy atom. The Bertz CT molecular complexity index is 1180. The van der Waals surface area contributed by atoms with Crippen LogP contribution in [-0.2, 0) is 18.4 Å². The summed E-state index contributed by atoms with van der Waals surface area (Å²) < 4.78 is 15.5. The highest BCUT2D eigenvalue weighted by molar-refractivity contribution is 6.30. The van der Waals surface area contributed by atoms with Crippen molar-refractivity contribution in [1.29, 1.82) is 0 Å². The zero-order chi connectivity index (χ0) is 22.0. The molecule has 0 bridgehead atoms. The quantitative estimate of drug-likeness (QED) is 0.342. The third kappa shape index (κ3) is 4.54. The molecule has 5 heteroatoms. The second kappa shape index (κ2) is 8.64. The largest absolute Gasteiger partial charge is 0.310 e. The molecule has 4 aromatic rings. The second-order valence-electron chi connectivity index (χ2n) is 8.38. The van der Waals surface area contributed by atoms with Crippen LogP contribution in [0.15, 0.2) is 72.8 Å². The minimum Gasteiger partial charge on any atom is -0.310 e. The van der Waals surface area contributed by atoms with E-state index < -0.39 is 0 Å². The highest BCUT2D eigenvalue weighted by Gasteiger charge is 2.30. The summed E-state index contributed by atoms with van der Waals surface area (Å²) in [4.78, 5) is 0. The third-order valence-electron chi connectivity index (χ3n) is 5.70. The molecule has 0 N–H and O–H groups in total. The summed E-state index contributed by atoms with van der Waals surface area (Å²) in [6, 6.07) is 22.8. The zero-order valence-corrected chi connectivity index (χ0v) is 18.7. The lowest BCUT2D eigenvalue weighted by atomic mass is 9.83. The van der Waals surface area contributed by atoms with Crippen molar-refractivity contribution in [2.45, 2.75) is 39.2 Å². The zero-order valence-electron chi connectivity index (χ0n) is 17.9. The first-order valence-electron chi connectivity index (χ1n) is 10.4. The van der Waals surface area contributed by atoms with E-state index in [9.17, 15) is 4.39 Å². The fourth-order valence-electron chi connectivity index (χ4n) is 3.81. The van der Waals surface area contributed by atoms with E-state index in [1.54, 1.807) is 0 Å². The maximum absolute atomic E-state index is 13.3. The standard InChI is InChI=1S/C26H25ClFN3/c1-18-7-11-21(12-8-18)26(2,3)25-30-29-24(20-5-4-6-22(27)17-20)31(25)16-15-19-9-13-23(28)14-10-19/h4-14,17H,15-16H2,1-3H3. The van der Waals surface area contributed by atoms with E-state index in [1.165, 1.54) is 23.3 Å². The van der Waals surface area contributed by atoms with Gasteiger partial charge in [-0.1, -0.05) is 65.7 Å². The van der Waals surface area contributed by atoms with E-state index in [0.29, 0.717) is 11.6 Å². The summed E-state index contributed by atoms with van der Waals surface area (Å²) in [5.41, 5.74) is 4.03. The van der Waals surface area contributed by atoms with E-state index >= 15 is 0 Å². The normalized spacial score (nSPS) is 11.6. The molecule has 3 nitrogen and oxygen atoms in total. The van der Waals surface area contributed by atoms with Gasteiger partial charge in [-0.25, -0.2) is 4.39 Å². The Kier molecular flexibility index (Phi) is 5.92. The summed E-state index contributed by atoms with van der Waals surface area (Å²) >= 11 is 6.25.